The summed E-state index contributed by atoms with van der Waals surface area (Å²) in [5.41, 5.74) is 1.07. The number of nitrogens with zero attached hydrogens (tertiary/aromatic N) is 2. The Morgan fingerprint density at radius 1 is 1.10 bits per heavy atom. The van der Waals surface area contributed by atoms with E-state index in [2.05, 4.69) is 20.6 Å². The Hall–Kier alpha value is -2.76. The van der Waals surface area contributed by atoms with Crippen molar-refractivity contribution < 1.29 is 9.59 Å². The minimum absolute atomic E-state index is 0.105. The van der Waals surface area contributed by atoms with E-state index in [-0.39, 0.29) is 11.8 Å². The molecule has 0 spiro atoms. The summed E-state index contributed by atoms with van der Waals surface area (Å²) < 4.78 is 0. The van der Waals surface area contributed by atoms with E-state index in [1.165, 1.54) is 6.20 Å². The number of aromatic nitrogens is 2. The molecule has 102 valence electrons. The zero-order valence-electron chi connectivity index (χ0n) is 11.0. The van der Waals surface area contributed by atoms with Gasteiger partial charge in [0, 0.05) is 24.4 Å². The van der Waals surface area contributed by atoms with Crippen LogP contribution in [0.1, 0.15) is 23.7 Å². The van der Waals surface area contributed by atoms with Crippen molar-refractivity contribution in [3.63, 3.8) is 0 Å². The molecule has 0 aliphatic heterocycles. The van der Waals surface area contributed by atoms with Crippen LogP contribution in [0.15, 0.2) is 42.9 Å². The second-order valence-corrected chi connectivity index (χ2v) is 4.02. The molecule has 0 bridgehead atoms. The second kappa shape index (κ2) is 6.42. The van der Waals surface area contributed by atoms with E-state index >= 15 is 0 Å². The highest BCUT2D eigenvalue weighted by Crippen LogP contribution is 2.11. The number of hydrogen-bond acceptors (Lipinski definition) is 4. The van der Waals surface area contributed by atoms with Gasteiger partial charge in [0.15, 0.2) is 0 Å². The summed E-state index contributed by atoms with van der Waals surface area (Å²) in [4.78, 5) is 31.0. The summed E-state index contributed by atoms with van der Waals surface area (Å²) >= 11 is 0. The highest BCUT2D eigenvalue weighted by atomic mass is 16.2. The van der Waals surface area contributed by atoms with Crippen molar-refractivity contribution in [1.29, 1.82) is 0 Å². The van der Waals surface area contributed by atoms with Crippen LogP contribution in [0, 0.1) is 0 Å². The van der Waals surface area contributed by atoms with Gasteiger partial charge >= 0.3 is 0 Å². The summed E-state index contributed by atoms with van der Waals surface area (Å²) in [7, 11) is 0. The molecule has 2 amide bonds. The SMILES string of the molecule is CCC(=O)Nc1ccc(NC(=O)c2ccncc2)cn1. The molecule has 0 aromatic carbocycles. The number of amides is 2. The lowest BCUT2D eigenvalue weighted by molar-refractivity contribution is -0.115. The van der Waals surface area contributed by atoms with Crippen LogP contribution in [0.4, 0.5) is 11.5 Å². The van der Waals surface area contributed by atoms with Crippen molar-refractivity contribution in [3.05, 3.63) is 48.4 Å². The third-order valence-electron chi connectivity index (χ3n) is 2.55. The van der Waals surface area contributed by atoms with Crippen LogP contribution in [0.3, 0.4) is 0 Å². The van der Waals surface area contributed by atoms with Crippen molar-refractivity contribution in [2.24, 2.45) is 0 Å². The number of rotatable bonds is 4. The number of carbonyl (C=O) groups is 2. The van der Waals surface area contributed by atoms with Gasteiger partial charge in [0.05, 0.1) is 11.9 Å². The lowest BCUT2D eigenvalue weighted by Gasteiger charge is -2.06. The minimum atomic E-state index is -0.237. The molecular weight excluding hydrogens is 256 g/mol. The van der Waals surface area contributed by atoms with Crippen LogP contribution in [-0.2, 0) is 4.79 Å². The minimum Gasteiger partial charge on any atom is -0.321 e. The number of hydrogen-bond donors (Lipinski definition) is 2. The largest absolute Gasteiger partial charge is 0.321 e. The van der Waals surface area contributed by atoms with Crippen LogP contribution >= 0.6 is 0 Å². The molecule has 0 aliphatic rings. The van der Waals surface area contributed by atoms with E-state index < -0.39 is 0 Å². The fourth-order valence-corrected chi connectivity index (χ4v) is 1.48. The van der Waals surface area contributed by atoms with Crippen molar-refractivity contribution in [2.45, 2.75) is 13.3 Å². The van der Waals surface area contributed by atoms with Crippen molar-refractivity contribution >= 4 is 23.3 Å². The number of pyridine rings is 2. The third-order valence-corrected chi connectivity index (χ3v) is 2.55. The van der Waals surface area contributed by atoms with Crippen LogP contribution in [-0.4, -0.2) is 21.8 Å². The molecule has 0 saturated heterocycles. The smallest absolute Gasteiger partial charge is 0.255 e. The van der Waals surface area contributed by atoms with Crippen LogP contribution in [0.25, 0.3) is 0 Å². The summed E-state index contributed by atoms with van der Waals surface area (Å²) in [5.74, 6) is 0.115. The first-order valence-corrected chi connectivity index (χ1v) is 6.16. The Morgan fingerprint density at radius 2 is 1.85 bits per heavy atom. The molecule has 0 unspecified atom stereocenters. The summed E-state index contributed by atoms with van der Waals surface area (Å²) in [6.45, 7) is 1.76. The van der Waals surface area contributed by atoms with Gasteiger partial charge in [0.2, 0.25) is 5.91 Å². The molecular formula is C14H14N4O2. The maximum Gasteiger partial charge on any atom is 0.255 e. The first-order chi connectivity index (χ1) is 9.69. The van der Waals surface area contributed by atoms with Gasteiger partial charge in [0.25, 0.3) is 5.91 Å². The second-order valence-electron chi connectivity index (χ2n) is 4.02. The average Bonchev–Trinajstić information content (AvgIpc) is 2.50. The van der Waals surface area contributed by atoms with Crippen molar-refractivity contribution in [1.82, 2.24) is 9.97 Å². The standard InChI is InChI=1S/C14H14N4O2/c1-2-13(19)18-12-4-3-11(9-16-12)17-14(20)10-5-7-15-8-6-10/h3-9H,2H2,1H3,(H,17,20)(H,16,18,19). The molecule has 2 rings (SSSR count). The van der Waals surface area contributed by atoms with Gasteiger partial charge in [-0.1, -0.05) is 6.92 Å². The quantitative estimate of drug-likeness (QED) is 0.890. The Bertz CT molecular complexity index is 596. The Labute approximate surface area is 116 Å². The third kappa shape index (κ3) is 3.61. The van der Waals surface area contributed by atoms with Crippen molar-refractivity contribution in [2.75, 3.05) is 10.6 Å². The van der Waals surface area contributed by atoms with Gasteiger partial charge in [-0.3, -0.25) is 14.6 Å². The van der Waals surface area contributed by atoms with Crippen LogP contribution in [0.2, 0.25) is 0 Å². The predicted octanol–water partition coefficient (Wildman–Crippen LogP) is 2.08. The van der Waals surface area contributed by atoms with Gasteiger partial charge < -0.3 is 10.6 Å². The fourth-order valence-electron chi connectivity index (χ4n) is 1.48. The molecule has 2 N–H and O–H groups in total. The van der Waals surface area contributed by atoms with Gasteiger partial charge in [-0.2, -0.15) is 0 Å². The number of nitrogens with one attached hydrogen (secondary N) is 2. The lowest BCUT2D eigenvalue weighted by atomic mass is 10.2. The van der Waals surface area contributed by atoms with E-state index in [1.54, 1.807) is 43.6 Å². The first kappa shape index (κ1) is 13.7. The molecule has 0 radical (unpaired) electrons. The molecule has 2 aromatic rings. The number of carbonyl (C=O) groups excluding carboxylic acids is 2. The molecule has 0 saturated carbocycles. The first-order valence-electron chi connectivity index (χ1n) is 6.16. The Balaban J connectivity index is 2.00. The van der Waals surface area contributed by atoms with Gasteiger partial charge in [0.1, 0.15) is 5.82 Å². The maximum absolute atomic E-state index is 11.9. The molecule has 0 fully saturated rings. The number of anilines is 2. The highest BCUT2D eigenvalue weighted by molar-refractivity contribution is 6.04. The average molecular weight is 270 g/mol. The maximum atomic E-state index is 11.9. The summed E-state index contributed by atoms with van der Waals surface area (Å²) in [5, 5.41) is 5.34. The van der Waals surface area contributed by atoms with E-state index in [4.69, 9.17) is 0 Å². The fraction of sp³-hybridized carbons (Fsp3) is 0.143. The molecule has 6 nitrogen and oxygen atoms in total. The van der Waals surface area contributed by atoms with Gasteiger partial charge in [-0.15, -0.1) is 0 Å². The normalized spacial score (nSPS) is 9.85. The molecule has 0 atom stereocenters. The van der Waals surface area contributed by atoms with E-state index in [0.29, 0.717) is 23.5 Å². The summed E-state index contributed by atoms with van der Waals surface area (Å²) in [6, 6.07) is 6.56. The molecule has 2 heterocycles. The van der Waals surface area contributed by atoms with E-state index in [0.717, 1.165) is 0 Å². The van der Waals surface area contributed by atoms with Gasteiger partial charge in [-0.05, 0) is 24.3 Å². The molecule has 0 aliphatic carbocycles. The van der Waals surface area contributed by atoms with E-state index in [9.17, 15) is 9.59 Å². The Morgan fingerprint density at radius 3 is 2.45 bits per heavy atom. The lowest BCUT2D eigenvalue weighted by Crippen LogP contribution is -2.13. The Kier molecular flexibility index (Phi) is 4.39. The van der Waals surface area contributed by atoms with Crippen molar-refractivity contribution in [3.8, 4) is 0 Å². The summed E-state index contributed by atoms with van der Waals surface area (Å²) in [6.07, 6.45) is 4.99. The van der Waals surface area contributed by atoms with E-state index in [1.807, 2.05) is 0 Å². The molecule has 20 heavy (non-hydrogen) atoms. The monoisotopic (exact) mass is 270 g/mol. The zero-order valence-corrected chi connectivity index (χ0v) is 11.0. The van der Waals surface area contributed by atoms with Gasteiger partial charge in [-0.25, -0.2) is 4.98 Å². The van der Waals surface area contributed by atoms with Crippen LogP contribution in [0.5, 0.6) is 0 Å². The zero-order chi connectivity index (χ0) is 14.4. The topological polar surface area (TPSA) is 84.0 Å². The molecule has 6 heteroatoms. The molecule has 2 aromatic heterocycles. The predicted molar refractivity (Wildman–Crippen MR) is 75.3 cm³/mol. The highest BCUT2D eigenvalue weighted by Gasteiger charge is 2.06. The van der Waals surface area contributed by atoms with Crippen LogP contribution < -0.4 is 10.6 Å².